The zero-order chi connectivity index (χ0) is 19.6. The molecule has 0 bridgehead atoms. The van der Waals surface area contributed by atoms with Crippen molar-refractivity contribution in [3.05, 3.63) is 63.7 Å². The molecule has 0 aliphatic heterocycles. The molecule has 0 fully saturated rings. The molecule has 0 unspecified atom stereocenters. The largest absolute Gasteiger partial charge is 0.452 e. The van der Waals surface area contributed by atoms with Crippen molar-refractivity contribution in [2.75, 3.05) is 11.9 Å². The number of amides is 1. The molecule has 3 aromatic rings. The van der Waals surface area contributed by atoms with Crippen molar-refractivity contribution in [2.24, 2.45) is 0 Å². The molecule has 0 spiro atoms. The molecule has 2 aromatic carbocycles. The van der Waals surface area contributed by atoms with E-state index in [0.29, 0.717) is 16.3 Å². The standard InChI is InChI=1S/C16H9F2N3O5S/c17-8-1-3-10(11(18)5-8)15(23)26-7-14(22)20-16-19-12-4-2-9(21(24)25)6-13(12)27-16/h1-6H,7H2,(H,19,20,22). The Morgan fingerprint density at radius 2 is 2.00 bits per heavy atom. The van der Waals surface area contributed by atoms with Crippen LogP contribution in [0.1, 0.15) is 10.4 Å². The number of halogens is 2. The number of ether oxygens (including phenoxy) is 1. The Morgan fingerprint density at radius 3 is 2.70 bits per heavy atom. The summed E-state index contributed by atoms with van der Waals surface area (Å²) in [5, 5.41) is 13.3. The molecular formula is C16H9F2N3O5S. The minimum Gasteiger partial charge on any atom is -0.452 e. The third kappa shape index (κ3) is 4.20. The lowest BCUT2D eigenvalue weighted by atomic mass is 10.2. The van der Waals surface area contributed by atoms with E-state index in [1.54, 1.807) is 0 Å². The van der Waals surface area contributed by atoms with Crippen LogP contribution in [0.4, 0.5) is 19.6 Å². The van der Waals surface area contributed by atoms with Gasteiger partial charge in [-0.15, -0.1) is 0 Å². The second-order valence-corrected chi connectivity index (χ2v) is 6.21. The molecule has 0 aliphatic rings. The van der Waals surface area contributed by atoms with E-state index in [4.69, 9.17) is 0 Å². The molecule has 3 rings (SSSR count). The Bertz CT molecular complexity index is 1070. The Kier molecular flexibility index (Phi) is 5.03. The molecule has 0 saturated carbocycles. The van der Waals surface area contributed by atoms with E-state index in [2.05, 4.69) is 15.0 Å². The maximum absolute atomic E-state index is 13.5. The van der Waals surface area contributed by atoms with Gasteiger partial charge in [0.05, 0.1) is 20.7 Å². The number of thiazole rings is 1. The van der Waals surface area contributed by atoms with Crippen LogP contribution in [-0.2, 0) is 9.53 Å². The molecule has 11 heteroatoms. The van der Waals surface area contributed by atoms with Gasteiger partial charge in [0, 0.05) is 18.2 Å². The maximum atomic E-state index is 13.5. The molecule has 1 amide bonds. The van der Waals surface area contributed by atoms with E-state index in [9.17, 15) is 28.5 Å². The monoisotopic (exact) mass is 393 g/mol. The number of hydrogen-bond donors (Lipinski definition) is 1. The predicted molar refractivity (Wildman–Crippen MR) is 91.5 cm³/mol. The molecule has 27 heavy (non-hydrogen) atoms. The van der Waals surface area contributed by atoms with E-state index in [1.165, 1.54) is 18.2 Å². The fourth-order valence-electron chi connectivity index (χ4n) is 2.10. The number of carbonyl (C=O) groups excluding carboxylic acids is 2. The molecule has 1 heterocycles. The van der Waals surface area contributed by atoms with E-state index < -0.39 is 40.6 Å². The number of benzene rings is 2. The van der Waals surface area contributed by atoms with Gasteiger partial charge in [0.15, 0.2) is 11.7 Å². The van der Waals surface area contributed by atoms with Gasteiger partial charge in [-0.2, -0.15) is 0 Å². The molecule has 0 atom stereocenters. The minimum absolute atomic E-state index is 0.112. The van der Waals surface area contributed by atoms with Crippen LogP contribution >= 0.6 is 11.3 Å². The minimum atomic E-state index is -1.12. The van der Waals surface area contributed by atoms with Crippen molar-refractivity contribution < 1.29 is 28.0 Å². The molecule has 0 radical (unpaired) electrons. The van der Waals surface area contributed by atoms with Crippen LogP contribution in [0.25, 0.3) is 10.2 Å². The van der Waals surface area contributed by atoms with E-state index in [-0.39, 0.29) is 10.8 Å². The molecular weight excluding hydrogens is 384 g/mol. The molecule has 8 nitrogen and oxygen atoms in total. The van der Waals surface area contributed by atoms with Gasteiger partial charge < -0.3 is 4.74 Å². The fraction of sp³-hybridized carbons (Fsp3) is 0.0625. The zero-order valence-corrected chi connectivity index (χ0v) is 14.1. The first-order chi connectivity index (χ1) is 12.8. The van der Waals surface area contributed by atoms with E-state index in [1.807, 2.05) is 0 Å². The van der Waals surface area contributed by atoms with E-state index >= 15 is 0 Å². The summed E-state index contributed by atoms with van der Waals surface area (Å²) in [5.41, 5.74) is -0.165. The number of nitrogens with one attached hydrogen (secondary N) is 1. The SMILES string of the molecule is O=C(COC(=O)c1ccc(F)cc1F)Nc1nc2ccc([N+](=O)[O-])cc2s1. The Labute approximate surface area is 153 Å². The van der Waals surface area contributed by atoms with Crippen LogP contribution < -0.4 is 5.32 Å². The Hall–Kier alpha value is -3.47. The molecule has 1 aromatic heterocycles. The quantitative estimate of drug-likeness (QED) is 0.405. The zero-order valence-electron chi connectivity index (χ0n) is 13.3. The van der Waals surface area contributed by atoms with Crippen LogP contribution in [0.2, 0.25) is 0 Å². The van der Waals surface area contributed by atoms with Crippen molar-refractivity contribution in [2.45, 2.75) is 0 Å². The topological polar surface area (TPSA) is 111 Å². The van der Waals surface area contributed by atoms with Crippen molar-refractivity contribution in [1.82, 2.24) is 4.98 Å². The van der Waals surface area contributed by atoms with Gasteiger partial charge in [-0.05, 0) is 18.2 Å². The van der Waals surface area contributed by atoms with Gasteiger partial charge in [0.25, 0.3) is 11.6 Å². The number of nitro groups is 1. The number of anilines is 1. The first kappa shape index (κ1) is 18.3. The number of carbonyl (C=O) groups is 2. The summed E-state index contributed by atoms with van der Waals surface area (Å²) in [6, 6.07) is 6.37. The number of hydrogen-bond acceptors (Lipinski definition) is 7. The molecule has 1 N–H and O–H groups in total. The molecule has 0 aliphatic carbocycles. The van der Waals surface area contributed by atoms with Gasteiger partial charge in [-0.3, -0.25) is 20.2 Å². The molecule has 0 saturated heterocycles. The van der Waals surface area contributed by atoms with Crippen molar-refractivity contribution >= 4 is 44.2 Å². The lowest BCUT2D eigenvalue weighted by Gasteiger charge is -2.05. The predicted octanol–water partition coefficient (Wildman–Crippen LogP) is 3.28. The van der Waals surface area contributed by atoms with Crippen molar-refractivity contribution in [3.8, 4) is 0 Å². The normalized spacial score (nSPS) is 10.6. The van der Waals surface area contributed by atoms with Crippen molar-refractivity contribution in [1.29, 1.82) is 0 Å². The highest BCUT2D eigenvalue weighted by molar-refractivity contribution is 7.22. The Balaban J connectivity index is 1.63. The highest BCUT2D eigenvalue weighted by Crippen LogP contribution is 2.29. The summed E-state index contributed by atoms with van der Waals surface area (Å²) < 4.78 is 31.5. The van der Waals surface area contributed by atoms with Crippen LogP contribution in [0.15, 0.2) is 36.4 Å². The third-order valence-corrected chi connectivity index (χ3v) is 4.25. The first-order valence-corrected chi connectivity index (χ1v) is 8.12. The second kappa shape index (κ2) is 7.41. The number of esters is 1. The van der Waals surface area contributed by atoms with Crippen LogP contribution in [-0.4, -0.2) is 28.4 Å². The average molecular weight is 393 g/mol. The van der Waals surface area contributed by atoms with Gasteiger partial charge >= 0.3 is 5.97 Å². The second-order valence-electron chi connectivity index (χ2n) is 5.18. The third-order valence-electron chi connectivity index (χ3n) is 3.31. The number of aromatic nitrogens is 1. The van der Waals surface area contributed by atoms with Gasteiger partial charge in [-0.1, -0.05) is 11.3 Å². The van der Waals surface area contributed by atoms with Crippen molar-refractivity contribution in [3.63, 3.8) is 0 Å². The maximum Gasteiger partial charge on any atom is 0.341 e. The summed E-state index contributed by atoms with van der Waals surface area (Å²) in [4.78, 5) is 37.9. The lowest BCUT2D eigenvalue weighted by molar-refractivity contribution is -0.384. The van der Waals surface area contributed by atoms with Gasteiger partial charge in [-0.25, -0.2) is 18.6 Å². The fourth-order valence-corrected chi connectivity index (χ4v) is 3.01. The van der Waals surface area contributed by atoms with Gasteiger partial charge in [0.1, 0.15) is 11.6 Å². The number of fused-ring (bicyclic) bond motifs is 1. The summed E-state index contributed by atoms with van der Waals surface area (Å²) in [5.74, 6) is -3.81. The van der Waals surface area contributed by atoms with E-state index in [0.717, 1.165) is 23.5 Å². The van der Waals surface area contributed by atoms with Crippen LogP contribution in [0.5, 0.6) is 0 Å². The first-order valence-electron chi connectivity index (χ1n) is 7.30. The molecule has 138 valence electrons. The summed E-state index contributed by atoms with van der Waals surface area (Å²) >= 11 is 1.00. The number of nitro benzene ring substituents is 1. The summed E-state index contributed by atoms with van der Waals surface area (Å²) in [6.07, 6.45) is 0. The number of non-ortho nitro benzene ring substituents is 1. The Morgan fingerprint density at radius 1 is 1.22 bits per heavy atom. The number of rotatable bonds is 5. The summed E-state index contributed by atoms with van der Waals surface area (Å²) in [7, 11) is 0. The number of nitrogens with zero attached hydrogens (tertiary/aromatic N) is 2. The van der Waals surface area contributed by atoms with Crippen LogP contribution in [0, 0.1) is 21.7 Å². The highest BCUT2D eigenvalue weighted by atomic mass is 32.1. The lowest BCUT2D eigenvalue weighted by Crippen LogP contribution is -2.21. The average Bonchev–Trinajstić information content (AvgIpc) is 3.00. The smallest absolute Gasteiger partial charge is 0.341 e. The summed E-state index contributed by atoms with van der Waals surface area (Å²) in [6.45, 7) is -0.717. The van der Waals surface area contributed by atoms with Crippen LogP contribution in [0.3, 0.4) is 0 Å². The van der Waals surface area contributed by atoms with Gasteiger partial charge in [0.2, 0.25) is 0 Å². The highest BCUT2D eigenvalue weighted by Gasteiger charge is 2.17.